The zero-order valence-corrected chi connectivity index (χ0v) is 33.1. The van der Waals surface area contributed by atoms with Gasteiger partial charge in [0.2, 0.25) is 0 Å². The van der Waals surface area contributed by atoms with E-state index in [9.17, 15) is 15.3 Å². The van der Waals surface area contributed by atoms with Crippen LogP contribution < -0.4 is 5.32 Å². The van der Waals surface area contributed by atoms with Crippen molar-refractivity contribution in [1.82, 2.24) is 0 Å². The largest absolute Gasteiger partial charge is 0.508 e. The van der Waals surface area contributed by atoms with Crippen LogP contribution in [0, 0.1) is 59.2 Å². The molecule has 14 atom stereocenters. The lowest BCUT2D eigenvalue weighted by molar-refractivity contribution is -0.198. The van der Waals surface area contributed by atoms with Crippen molar-refractivity contribution in [3.8, 4) is 5.75 Å². The zero-order valence-electron chi connectivity index (χ0n) is 33.1. The van der Waals surface area contributed by atoms with E-state index >= 15 is 0 Å². The molecule has 0 radical (unpaired) electrons. The van der Waals surface area contributed by atoms with Crippen molar-refractivity contribution in [2.45, 2.75) is 117 Å². The molecule has 8 heteroatoms. The fraction of sp³-hybridized carbons (Fsp3) is 0.705. The van der Waals surface area contributed by atoms with E-state index < -0.39 is 18.0 Å². The molecule has 2 saturated heterocycles. The number of fused-ring (bicyclic) bond motifs is 2. The summed E-state index contributed by atoms with van der Waals surface area (Å²) in [4.78, 5) is 8.00. The number of aliphatic hydroxyl groups is 3. The molecule has 4 fully saturated rings. The third-order valence-corrected chi connectivity index (χ3v) is 13.2. The summed E-state index contributed by atoms with van der Waals surface area (Å²) in [5.41, 5.74) is 1.16. The highest BCUT2D eigenvalue weighted by Crippen LogP contribution is 2.50. The van der Waals surface area contributed by atoms with E-state index in [0.717, 1.165) is 44.4 Å². The van der Waals surface area contributed by atoms with E-state index in [4.69, 9.17) is 19.4 Å². The topological polar surface area (TPSA) is 128 Å². The molecule has 2 aliphatic carbocycles. The van der Waals surface area contributed by atoms with Crippen LogP contribution in [0.3, 0.4) is 0 Å². The summed E-state index contributed by atoms with van der Waals surface area (Å²) in [6.07, 6.45) is 7.39. The van der Waals surface area contributed by atoms with Gasteiger partial charge in [-0.25, -0.2) is 0 Å². The molecule has 4 aliphatic rings. The van der Waals surface area contributed by atoms with Crippen molar-refractivity contribution in [2.75, 3.05) is 25.6 Å². The van der Waals surface area contributed by atoms with Crippen LogP contribution in [-0.2, 0) is 14.3 Å². The number of nitrogens with one attached hydrogen (secondary N) is 1. The molecule has 5 N–H and O–H groups in total. The lowest BCUT2D eigenvalue weighted by Gasteiger charge is -2.47. The van der Waals surface area contributed by atoms with E-state index in [1.54, 1.807) is 31.2 Å². The molecule has 0 spiro atoms. The van der Waals surface area contributed by atoms with Gasteiger partial charge in [-0.1, -0.05) is 76.9 Å². The molecule has 2 aliphatic heterocycles. The molecule has 9 unspecified atom stereocenters. The van der Waals surface area contributed by atoms with E-state index in [-0.39, 0.29) is 11.8 Å². The zero-order chi connectivity index (χ0) is 38.4. The minimum atomic E-state index is -1.05. The van der Waals surface area contributed by atoms with Crippen molar-refractivity contribution in [2.24, 2.45) is 59.2 Å². The fourth-order valence-electron chi connectivity index (χ4n) is 9.77. The molecule has 52 heavy (non-hydrogen) atoms. The van der Waals surface area contributed by atoms with Gasteiger partial charge >= 0.3 is 0 Å². The van der Waals surface area contributed by atoms with Crippen LogP contribution in [-0.4, -0.2) is 71.6 Å². The number of carbonyl (C=O) groups excluding carboxylic acids is 1. The monoisotopic (exact) mass is 726 g/mol. The quantitative estimate of drug-likeness (QED) is 0.202. The first kappa shape index (κ1) is 43.9. The van der Waals surface area contributed by atoms with E-state index in [0.29, 0.717) is 72.2 Å². The molecule has 0 bridgehead atoms. The fourth-order valence-corrected chi connectivity index (χ4v) is 9.77. The first-order valence-corrected chi connectivity index (χ1v) is 19.9. The number of anilines is 1. The Kier molecular flexibility index (Phi) is 18.1. The van der Waals surface area contributed by atoms with Gasteiger partial charge in [-0.2, -0.15) is 0 Å². The van der Waals surface area contributed by atoms with Crippen LogP contribution in [0.1, 0.15) is 92.9 Å². The van der Waals surface area contributed by atoms with Crippen molar-refractivity contribution in [3.05, 3.63) is 60.7 Å². The van der Waals surface area contributed by atoms with Crippen molar-refractivity contribution in [1.29, 1.82) is 0 Å². The van der Waals surface area contributed by atoms with Gasteiger partial charge in [-0.15, -0.1) is 0 Å². The molecular weight excluding hydrogens is 654 g/mol. The summed E-state index contributed by atoms with van der Waals surface area (Å²) in [6, 6.07) is 18.8. The number of carbonyl (C=O) groups is 1. The van der Waals surface area contributed by atoms with Gasteiger partial charge in [0.1, 0.15) is 12.5 Å². The van der Waals surface area contributed by atoms with E-state index in [2.05, 4.69) is 39.9 Å². The van der Waals surface area contributed by atoms with Crippen molar-refractivity contribution in [3.63, 3.8) is 0 Å². The van der Waals surface area contributed by atoms with Gasteiger partial charge in [0, 0.05) is 19.2 Å². The Labute approximate surface area is 314 Å². The average Bonchev–Trinajstić information content (AvgIpc) is 3.46. The Balaban J connectivity index is 0.000000350. The second-order valence-electron chi connectivity index (χ2n) is 16.5. The number of ether oxygens (including phenoxy) is 2. The minimum Gasteiger partial charge on any atom is -0.508 e. The summed E-state index contributed by atoms with van der Waals surface area (Å²) >= 11 is 0. The van der Waals surface area contributed by atoms with Gasteiger partial charge in [-0.3, -0.25) is 0 Å². The summed E-state index contributed by atoms with van der Waals surface area (Å²) < 4.78 is 12.2. The minimum absolute atomic E-state index is 0.00261. The standard InChI is InChI=1S/C30H54O5.C7H9N.C6H6O.CH2O/c1-17-7-10-24(26-15-34-19(3)9-12-22(17)26)20(4)28(31)29(32)21(5)25-11-8-18(2)23-13-14-30(6,33)35-16-27(23)25;1-8-7-5-3-2-4-6-7;7-6-4-2-1-3-5-6;1-2/h17-29,31-33H,7-16H2,1-6H3;2-6,8H,1H3;1-5,7H;1H2/t17-,18-,19?,20?,21?,22?,23?,24+,25+,26?,27?,28?,29?,30+;;;/m1.../s1. The van der Waals surface area contributed by atoms with Crippen LogP contribution >= 0.6 is 0 Å². The molecule has 6 rings (SSSR count). The van der Waals surface area contributed by atoms with E-state index in [1.165, 1.54) is 12.8 Å². The second-order valence-corrected chi connectivity index (χ2v) is 16.5. The predicted molar refractivity (Wildman–Crippen MR) is 210 cm³/mol. The average molecular weight is 726 g/mol. The maximum absolute atomic E-state index is 11.5. The highest BCUT2D eigenvalue weighted by Gasteiger charge is 2.48. The Bertz CT molecular complexity index is 1250. The second kappa shape index (κ2) is 21.4. The van der Waals surface area contributed by atoms with Crippen LogP contribution in [0.5, 0.6) is 5.75 Å². The maximum Gasteiger partial charge on any atom is 0.162 e. The number of phenolic OH excluding ortho intramolecular Hbond substituents is 1. The molecule has 2 aromatic carbocycles. The number of hydrogen-bond donors (Lipinski definition) is 5. The van der Waals surface area contributed by atoms with Gasteiger partial charge < -0.3 is 40.0 Å². The Hall–Kier alpha value is -2.49. The smallest absolute Gasteiger partial charge is 0.162 e. The molecular formula is C44H71NO7. The number of aromatic hydroxyl groups is 1. The number of phenols is 1. The van der Waals surface area contributed by atoms with Gasteiger partial charge in [-0.05, 0) is 129 Å². The lowest BCUT2D eigenvalue weighted by Crippen LogP contribution is -2.49. The Morgan fingerprint density at radius 1 is 0.712 bits per heavy atom. The molecule has 2 aromatic rings. The van der Waals surface area contributed by atoms with Crippen molar-refractivity contribution < 1.29 is 34.7 Å². The lowest BCUT2D eigenvalue weighted by atomic mass is 9.59. The first-order valence-electron chi connectivity index (χ1n) is 19.9. The van der Waals surface area contributed by atoms with Crippen LogP contribution in [0.4, 0.5) is 5.69 Å². The normalized spacial score (nSPS) is 35.2. The summed E-state index contributed by atoms with van der Waals surface area (Å²) in [7, 11) is 1.91. The maximum atomic E-state index is 11.5. The Morgan fingerprint density at radius 3 is 1.65 bits per heavy atom. The van der Waals surface area contributed by atoms with Crippen molar-refractivity contribution >= 4 is 12.5 Å². The highest BCUT2D eigenvalue weighted by atomic mass is 16.6. The molecule has 0 aromatic heterocycles. The SMILES string of the molecule is C=O.CC1CCC2C(CO1)[C@H](C(C)C(O)C(O)C(C)[C@@H]1CC[C@@H](C)C3CC[C@@](C)(O)OCC31)CC[C@H]2C.CNc1ccccc1.Oc1ccccc1. The molecule has 0 amide bonds. The highest BCUT2D eigenvalue weighted by molar-refractivity contribution is 5.41. The molecule has 294 valence electrons. The first-order chi connectivity index (χ1) is 24.8. The third-order valence-electron chi connectivity index (χ3n) is 13.2. The van der Waals surface area contributed by atoms with Crippen LogP contribution in [0.25, 0.3) is 0 Å². The molecule has 2 saturated carbocycles. The summed E-state index contributed by atoms with van der Waals surface area (Å²) in [5, 5.41) is 45.3. The summed E-state index contributed by atoms with van der Waals surface area (Å²) in [5.74, 6) is 3.34. The van der Waals surface area contributed by atoms with Crippen LogP contribution in [0.2, 0.25) is 0 Å². The summed E-state index contributed by atoms with van der Waals surface area (Å²) in [6.45, 7) is 16.4. The number of aliphatic hydroxyl groups excluding tert-OH is 2. The van der Waals surface area contributed by atoms with Gasteiger partial charge in [0.25, 0.3) is 0 Å². The third kappa shape index (κ3) is 12.3. The van der Waals surface area contributed by atoms with E-state index in [1.807, 2.05) is 50.2 Å². The number of benzene rings is 2. The van der Waals surface area contributed by atoms with Gasteiger partial charge in [0.05, 0.1) is 31.5 Å². The number of rotatable bonds is 6. The predicted octanol–water partition coefficient (Wildman–Crippen LogP) is 8.19. The number of hydrogen-bond acceptors (Lipinski definition) is 8. The number of para-hydroxylation sites is 2. The molecule has 2 heterocycles. The van der Waals surface area contributed by atoms with Gasteiger partial charge in [0.15, 0.2) is 5.79 Å². The molecule has 8 nitrogen and oxygen atoms in total. The van der Waals surface area contributed by atoms with Crippen LogP contribution in [0.15, 0.2) is 60.7 Å². The Morgan fingerprint density at radius 2 is 1.19 bits per heavy atom.